The summed E-state index contributed by atoms with van der Waals surface area (Å²) in [6, 6.07) is 6.17. The molecule has 6 heteroatoms. The molecule has 0 unspecified atom stereocenters. The van der Waals surface area contributed by atoms with Crippen LogP contribution in [0.5, 0.6) is 5.75 Å². The van der Waals surface area contributed by atoms with Crippen LogP contribution in [0.15, 0.2) is 33.5 Å². The van der Waals surface area contributed by atoms with E-state index < -0.39 is 11.6 Å². The van der Waals surface area contributed by atoms with E-state index in [0.29, 0.717) is 28.0 Å². The molecule has 0 radical (unpaired) electrons. The maximum absolute atomic E-state index is 11.5. The zero-order chi connectivity index (χ0) is 14.7. The highest BCUT2D eigenvalue weighted by Crippen LogP contribution is 2.25. The highest BCUT2D eigenvalue weighted by Gasteiger charge is 2.09. The minimum absolute atomic E-state index is 0.0251. The van der Waals surface area contributed by atoms with Gasteiger partial charge in [0.15, 0.2) is 5.12 Å². The fraction of sp³-hybridized carbons (Fsp3) is 0.214. The quantitative estimate of drug-likeness (QED) is 0.491. The van der Waals surface area contributed by atoms with Crippen molar-refractivity contribution in [2.75, 3.05) is 0 Å². The Morgan fingerprint density at radius 2 is 2.00 bits per heavy atom. The van der Waals surface area contributed by atoms with Crippen molar-refractivity contribution in [2.24, 2.45) is 0 Å². The number of benzene rings is 1. The standard InChI is InChI=1S/C14H12O5S/c1-8(15)18-11-3-4-12-10(7-20-9(2)16)5-14(17)19-13(12)6-11/h3-6H,7H2,1-2H3. The molecule has 0 bridgehead atoms. The molecule has 2 rings (SSSR count). The maximum atomic E-state index is 11.5. The van der Waals surface area contributed by atoms with Crippen molar-refractivity contribution in [3.8, 4) is 5.75 Å². The van der Waals surface area contributed by atoms with Crippen LogP contribution in [0.4, 0.5) is 0 Å². The van der Waals surface area contributed by atoms with E-state index in [0.717, 1.165) is 11.8 Å². The molecule has 2 aromatic rings. The molecule has 0 saturated carbocycles. The molecule has 0 amide bonds. The smallest absolute Gasteiger partial charge is 0.336 e. The number of carbonyl (C=O) groups excluding carboxylic acids is 2. The first-order chi connectivity index (χ1) is 9.45. The van der Waals surface area contributed by atoms with Crippen molar-refractivity contribution in [1.82, 2.24) is 0 Å². The van der Waals surface area contributed by atoms with Crippen molar-refractivity contribution in [1.29, 1.82) is 0 Å². The second kappa shape index (κ2) is 5.92. The van der Waals surface area contributed by atoms with Gasteiger partial charge in [-0.3, -0.25) is 9.59 Å². The lowest BCUT2D eigenvalue weighted by atomic mass is 10.1. The Labute approximate surface area is 118 Å². The predicted octanol–water partition coefficient (Wildman–Crippen LogP) is 2.50. The van der Waals surface area contributed by atoms with E-state index in [1.54, 1.807) is 12.1 Å². The SMILES string of the molecule is CC(=O)Oc1ccc2c(CSC(C)=O)cc(=O)oc2c1. The Bertz CT molecular complexity index is 732. The zero-order valence-corrected chi connectivity index (χ0v) is 11.8. The van der Waals surface area contributed by atoms with Crippen LogP contribution < -0.4 is 10.4 Å². The van der Waals surface area contributed by atoms with E-state index in [1.165, 1.54) is 26.0 Å². The fourth-order valence-corrected chi connectivity index (χ4v) is 2.34. The molecule has 0 aliphatic carbocycles. The molecule has 20 heavy (non-hydrogen) atoms. The average molecular weight is 292 g/mol. The molecule has 0 atom stereocenters. The Balaban J connectivity index is 2.46. The number of esters is 1. The van der Waals surface area contributed by atoms with Crippen molar-refractivity contribution in [3.63, 3.8) is 0 Å². The molecule has 0 saturated heterocycles. The van der Waals surface area contributed by atoms with Crippen LogP contribution in [0, 0.1) is 0 Å². The van der Waals surface area contributed by atoms with Gasteiger partial charge in [0.2, 0.25) is 0 Å². The third kappa shape index (κ3) is 3.48. The van der Waals surface area contributed by atoms with E-state index in [1.807, 2.05) is 0 Å². The number of ether oxygens (including phenoxy) is 1. The van der Waals surface area contributed by atoms with Crippen molar-refractivity contribution in [3.05, 3.63) is 40.2 Å². The Morgan fingerprint density at radius 3 is 2.65 bits per heavy atom. The minimum Gasteiger partial charge on any atom is -0.427 e. The van der Waals surface area contributed by atoms with Gasteiger partial charge in [0, 0.05) is 37.1 Å². The molecule has 0 N–H and O–H groups in total. The van der Waals surface area contributed by atoms with Crippen molar-refractivity contribution in [2.45, 2.75) is 19.6 Å². The summed E-state index contributed by atoms with van der Waals surface area (Å²) in [5, 5.41) is 0.692. The van der Waals surface area contributed by atoms with Crippen LogP contribution in [0.25, 0.3) is 11.0 Å². The van der Waals surface area contributed by atoms with Crippen LogP contribution in [-0.4, -0.2) is 11.1 Å². The van der Waals surface area contributed by atoms with E-state index in [9.17, 15) is 14.4 Å². The lowest BCUT2D eigenvalue weighted by Gasteiger charge is -2.06. The molecule has 0 fully saturated rings. The first-order valence-corrected chi connectivity index (χ1v) is 6.83. The number of thioether (sulfide) groups is 1. The molecule has 5 nitrogen and oxygen atoms in total. The second-order valence-corrected chi connectivity index (χ2v) is 5.27. The summed E-state index contributed by atoms with van der Waals surface area (Å²) in [4.78, 5) is 33.4. The third-order valence-electron chi connectivity index (χ3n) is 2.49. The summed E-state index contributed by atoms with van der Waals surface area (Å²) in [5.41, 5.74) is 0.540. The van der Waals surface area contributed by atoms with Gasteiger partial charge in [-0.25, -0.2) is 4.79 Å². The van der Waals surface area contributed by atoms with Crippen molar-refractivity contribution >= 4 is 33.8 Å². The normalized spacial score (nSPS) is 10.5. The summed E-state index contributed by atoms with van der Waals surface area (Å²) in [6.07, 6.45) is 0. The summed E-state index contributed by atoms with van der Waals surface area (Å²) >= 11 is 1.12. The summed E-state index contributed by atoms with van der Waals surface area (Å²) < 4.78 is 10.0. The fourth-order valence-electron chi connectivity index (χ4n) is 1.74. The first-order valence-electron chi connectivity index (χ1n) is 5.84. The maximum Gasteiger partial charge on any atom is 0.336 e. The number of fused-ring (bicyclic) bond motifs is 1. The summed E-state index contributed by atoms with van der Waals surface area (Å²) in [6.45, 7) is 2.76. The van der Waals surface area contributed by atoms with Crippen LogP contribution in [0.1, 0.15) is 19.4 Å². The topological polar surface area (TPSA) is 73.6 Å². The predicted molar refractivity (Wildman–Crippen MR) is 75.8 cm³/mol. The van der Waals surface area contributed by atoms with Crippen molar-refractivity contribution < 1.29 is 18.7 Å². The number of hydrogen-bond acceptors (Lipinski definition) is 6. The number of hydrogen-bond donors (Lipinski definition) is 0. The van der Waals surface area contributed by atoms with E-state index >= 15 is 0 Å². The molecule has 1 aromatic heterocycles. The third-order valence-corrected chi connectivity index (χ3v) is 3.36. The average Bonchev–Trinajstić information content (AvgIpc) is 2.34. The van der Waals surface area contributed by atoms with E-state index in [2.05, 4.69) is 0 Å². The lowest BCUT2D eigenvalue weighted by Crippen LogP contribution is -2.03. The molecule has 104 valence electrons. The van der Waals surface area contributed by atoms with Gasteiger partial charge in [0.1, 0.15) is 11.3 Å². The molecular weight excluding hydrogens is 280 g/mol. The molecule has 1 aromatic carbocycles. The van der Waals surface area contributed by atoms with Crippen LogP contribution in [0.3, 0.4) is 0 Å². The Kier molecular flexibility index (Phi) is 4.24. The minimum atomic E-state index is -0.503. The number of carbonyl (C=O) groups is 2. The van der Waals surface area contributed by atoms with Gasteiger partial charge in [-0.05, 0) is 17.7 Å². The molecule has 0 spiro atoms. The van der Waals surface area contributed by atoms with Gasteiger partial charge in [-0.1, -0.05) is 11.8 Å². The lowest BCUT2D eigenvalue weighted by molar-refractivity contribution is -0.131. The van der Waals surface area contributed by atoms with Crippen LogP contribution in [-0.2, 0) is 15.3 Å². The molecular formula is C14H12O5S. The summed E-state index contributed by atoms with van der Waals surface area (Å²) in [7, 11) is 0. The number of rotatable bonds is 3. The van der Waals surface area contributed by atoms with Gasteiger partial charge < -0.3 is 9.15 Å². The van der Waals surface area contributed by atoms with Gasteiger partial charge in [-0.15, -0.1) is 0 Å². The highest BCUT2D eigenvalue weighted by molar-refractivity contribution is 8.12. The van der Waals surface area contributed by atoms with Crippen LogP contribution >= 0.6 is 11.8 Å². The van der Waals surface area contributed by atoms with Gasteiger partial charge in [-0.2, -0.15) is 0 Å². The zero-order valence-electron chi connectivity index (χ0n) is 11.0. The first kappa shape index (κ1) is 14.3. The van der Waals surface area contributed by atoms with E-state index in [4.69, 9.17) is 9.15 Å². The highest BCUT2D eigenvalue weighted by atomic mass is 32.2. The summed E-state index contributed by atoms with van der Waals surface area (Å²) in [5.74, 6) is 0.254. The van der Waals surface area contributed by atoms with Gasteiger partial charge in [0.05, 0.1) is 0 Å². The monoisotopic (exact) mass is 292 g/mol. The molecule has 1 heterocycles. The van der Waals surface area contributed by atoms with Gasteiger partial charge in [0.25, 0.3) is 0 Å². The molecule has 0 aliphatic rings. The van der Waals surface area contributed by atoms with Gasteiger partial charge >= 0.3 is 11.6 Å². The molecule has 0 aliphatic heterocycles. The Morgan fingerprint density at radius 1 is 1.25 bits per heavy atom. The van der Waals surface area contributed by atoms with Crippen LogP contribution in [0.2, 0.25) is 0 Å². The largest absolute Gasteiger partial charge is 0.427 e. The second-order valence-electron chi connectivity index (χ2n) is 4.12. The Hall–Kier alpha value is -2.08. The van der Waals surface area contributed by atoms with E-state index in [-0.39, 0.29) is 5.12 Å².